The molecule has 0 aromatic rings. The smallest absolute Gasteiger partial charge is 0.162 e. The lowest BCUT2D eigenvalue weighted by Crippen LogP contribution is -2.71. The van der Waals surface area contributed by atoms with Gasteiger partial charge in [-0.1, -0.05) is 33.6 Å². The number of nitrogens with one attached hydrogen (secondary N) is 1. The molecule has 3 heterocycles. The molecule has 7 N–H and O–H groups in total. The Bertz CT molecular complexity index is 1580. The number of hydrogen-bond acceptors (Lipinski definition) is 9. The molecule has 9 nitrogen and oxygen atoms in total. The molecule has 3 aliphatic heterocycles. The van der Waals surface area contributed by atoms with E-state index in [1.165, 1.54) is 6.42 Å². The second kappa shape index (κ2) is 12.3. The van der Waals surface area contributed by atoms with Crippen LogP contribution in [0.4, 0.5) is 0 Å². The monoisotopic (exact) mass is 751 g/mol. The number of epoxide rings is 1. The molecule has 2 bridgehead atoms. The van der Waals surface area contributed by atoms with Crippen LogP contribution in [0.2, 0.25) is 0 Å². The molecule has 19 unspecified atom stereocenters. The minimum Gasteiger partial charge on any atom is -0.396 e. The van der Waals surface area contributed by atoms with Crippen LogP contribution in [0.15, 0.2) is 11.1 Å². The van der Waals surface area contributed by atoms with Crippen molar-refractivity contribution in [2.75, 3.05) is 19.8 Å². The van der Waals surface area contributed by atoms with Gasteiger partial charge in [-0.2, -0.15) is 0 Å². The Morgan fingerprint density at radius 3 is 2.61 bits per heavy atom. The van der Waals surface area contributed by atoms with Crippen molar-refractivity contribution in [3.05, 3.63) is 11.1 Å². The highest BCUT2D eigenvalue weighted by molar-refractivity contribution is 6.00. The first-order chi connectivity index (χ1) is 25.6. The van der Waals surface area contributed by atoms with E-state index in [9.17, 15) is 25.2 Å². The van der Waals surface area contributed by atoms with Gasteiger partial charge in [0.05, 0.1) is 30.1 Å². The van der Waals surface area contributed by atoms with Gasteiger partial charge in [0, 0.05) is 23.4 Å². The first kappa shape index (κ1) is 37.4. The summed E-state index contributed by atoms with van der Waals surface area (Å²) in [6.07, 6.45) is 13.4. The second-order valence-corrected chi connectivity index (χ2v) is 21.9. The maximum atomic E-state index is 14.9. The normalized spacial score (nSPS) is 55.4. The summed E-state index contributed by atoms with van der Waals surface area (Å²) in [6, 6.07) is 0. The number of allylic oxidation sites excluding steroid dienone is 1. The zero-order valence-electron chi connectivity index (χ0n) is 33.5. The molecule has 54 heavy (non-hydrogen) atoms. The van der Waals surface area contributed by atoms with Gasteiger partial charge in [-0.3, -0.25) is 4.79 Å². The average Bonchev–Trinajstić information content (AvgIpc) is 3.91. The highest BCUT2D eigenvalue weighted by Gasteiger charge is 2.80. The van der Waals surface area contributed by atoms with E-state index in [0.29, 0.717) is 49.0 Å². The fourth-order valence-electron chi connectivity index (χ4n) is 16.9. The van der Waals surface area contributed by atoms with Crippen LogP contribution in [-0.2, 0) is 14.3 Å². The van der Waals surface area contributed by atoms with E-state index in [1.54, 1.807) is 0 Å². The molecular weight excluding hydrogens is 681 g/mol. The van der Waals surface area contributed by atoms with E-state index in [4.69, 9.17) is 15.2 Å². The van der Waals surface area contributed by atoms with Crippen molar-refractivity contribution in [1.29, 1.82) is 0 Å². The average molecular weight is 751 g/mol. The molecule has 19 atom stereocenters. The molecule has 0 aromatic carbocycles. The van der Waals surface area contributed by atoms with Crippen LogP contribution in [-0.4, -0.2) is 87.2 Å². The number of hydrogen-bond donors (Lipinski definition) is 6. The lowest BCUT2D eigenvalue weighted by molar-refractivity contribution is -0.232. The molecule has 302 valence electrons. The summed E-state index contributed by atoms with van der Waals surface area (Å²) >= 11 is 0. The molecule has 7 aliphatic carbocycles. The van der Waals surface area contributed by atoms with Crippen molar-refractivity contribution in [2.45, 2.75) is 172 Å². The molecule has 1 spiro atoms. The summed E-state index contributed by atoms with van der Waals surface area (Å²) in [5, 5.41) is 52.0. The summed E-state index contributed by atoms with van der Waals surface area (Å²) in [5.41, 5.74) is 3.88. The highest BCUT2D eigenvalue weighted by Crippen LogP contribution is 2.80. The van der Waals surface area contributed by atoms with E-state index < -0.39 is 39.8 Å². The van der Waals surface area contributed by atoms with E-state index >= 15 is 0 Å². The topological polar surface area (TPSA) is 158 Å². The first-order valence-electron chi connectivity index (χ1n) is 22.4. The van der Waals surface area contributed by atoms with E-state index in [-0.39, 0.29) is 53.7 Å². The Balaban J connectivity index is 1.02. The van der Waals surface area contributed by atoms with Crippen molar-refractivity contribution in [1.82, 2.24) is 5.32 Å². The highest BCUT2D eigenvalue weighted by atomic mass is 16.6. The Hall–Kier alpha value is -0.910. The second-order valence-electron chi connectivity index (χ2n) is 21.9. The molecule has 10 aliphatic rings. The summed E-state index contributed by atoms with van der Waals surface area (Å²) in [7, 11) is 0. The molecule has 10 rings (SSSR count). The fourth-order valence-corrected chi connectivity index (χ4v) is 16.9. The number of piperidine rings is 1. The lowest BCUT2D eigenvalue weighted by atomic mass is 9.32. The number of carbonyl (C=O) groups is 1. The van der Waals surface area contributed by atoms with Crippen molar-refractivity contribution < 1.29 is 34.7 Å². The van der Waals surface area contributed by atoms with Gasteiger partial charge in [0.2, 0.25) is 0 Å². The van der Waals surface area contributed by atoms with Crippen LogP contribution in [0.1, 0.15) is 130 Å². The van der Waals surface area contributed by atoms with Gasteiger partial charge in [0.25, 0.3) is 0 Å². The maximum Gasteiger partial charge on any atom is 0.162 e. The van der Waals surface area contributed by atoms with Gasteiger partial charge >= 0.3 is 0 Å². The fraction of sp³-hybridized carbons (Fsp3) is 0.933. The molecule has 5 saturated carbocycles. The van der Waals surface area contributed by atoms with E-state index in [0.717, 1.165) is 101 Å². The Morgan fingerprint density at radius 1 is 1.04 bits per heavy atom. The minimum atomic E-state index is -1.29. The lowest BCUT2D eigenvalue weighted by Gasteiger charge is -2.72. The Kier molecular flexibility index (Phi) is 8.52. The molecule has 0 radical (unpaired) electrons. The third-order valence-electron chi connectivity index (χ3n) is 19.6. The van der Waals surface area contributed by atoms with E-state index in [2.05, 4.69) is 19.2 Å². The zero-order chi connectivity index (χ0) is 37.8. The molecule has 0 amide bonds. The number of Topliss-reactive ketones (excluding diaryl/α,β-unsaturated/α-hetero) is 1. The predicted molar refractivity (Wildman–Crippen MR) is 204 cm³/mol. The zero-order valence-corrected chi connectivity index (χ0v) is 33.5. The van der Waals surface area contributed by atoms with Crippen LogP contribution in [0.3, 0.4) is 0 Å². The van der Waals surface area contributed by atoms with Crippen molar-refractivity contribution in [2.24, 2.45) is 75.2 Å². The van der Waals surface area contributed by atoms with Gasteiger partial charge in [-0.25, -0.2) is 0 Å². The predicted octanol–water partition coefficient (Wildman–Crippen LogP) is 5.01. The number of ketones is 1. The largest absolute Gasteiger partial charge is 0.396 e. The van der Waals surface area contributed by atoms with Crippen molar-refractivity contribution in [3.8, 4) is 0 Å². The van der Waals surface area contributed by atoms with Gasteiger partial charge < -0.3 is 41.0 Å². The first-order valence-corrected chi connectivity index (χ1v) is 22.4. The molecule has 9 heteroatoms. The van der Waals surface area contributed by atoms with Crippen LogP contribution >= 0.6 is 0 Å². The maximum absolute atomic E-state index is 14.9. The van der Waals surface area contributed by atoms with Gasteiger partial charge in [-0.15, -0.1) is 0 Å². The van der Waals surface area contributed by atoms with Crippen LogP contribution in [0.5, 0.6) is 0 Å². The van der Waals surface area contributed by atoms with E-state index in [1.807, 2.05) is 13.8 Å². The van der Waals surface area contributed by atoms with Crippen molar-refractivity contribution in [3.63, 3.8) is 0 Å². The number of aliphatic hydroxyl groups is 4. The van der Waals surface area contributed by atoms with Gasteiger partial charge in [-0.05, 0) is 167 Å². The molecule has 0 aromatic heterocycles. The quantitative estimate of drug-likeness (QED) is 0.188. The number of nitrogens with two attached hydrogens (primary N) is 1. The molecule has 8 fully saturated rings. The molecule has 3 saturated heterocycles. The number of ether oxygens (including phenoxy) is 2. The Morgan fingerprint density at radius 2 is 1.85 bits per heavy atom. The summed E-state index contributed by atoms with van der Waals surface area (Å²) in [5.74, 6) is 2.63. The molecular formula is C45H70N2O7. The van der Waals surface area contributed by atoms with Crippen LogP contribution in [0.25, 0.3) is 0 Å². The SMILES string of the molecule is CC1CCOC(C2OC2C(C)(O)C(C)(CO)CCC2CCNC(N)C2)(C2CC3CCC4=C5C6C(CC7CCCC68C(CC(O)CC78)C4=O)CC2(C)C53O)C1. The minimum absolute atomic E-state index is 0.00250. The number of rotatable bonds is 8. The summed E-state index contributed by atoms with van der Waals surface area (Å²) in [4.78, 5) is 14.9. The van der Waals surface area contributed by atoms with Crippen LogP contribution < -0.4 is 11.1 Å². The number of aliphatic hydroxyl groups excluding tert-OH is 2. The van der Waals surface area contributed by atoms with Crippen LogP contribution in [0, 0.1) is 69.5 Å². The van der Waals surface area contributed by atoms with Gasteiger partial charge in [0.1, 0.15) is 17.8 Å². The van der Waals surface area contributed by atoms with Crippen molar-refractivity contribution >= 4 is 5.78 Å². The summed E-state index contributed by atoms with van der Waals surface area (Å²) in [6.45, 7) is 10.0. The number of carbonyl (C=O) groups excluding carboxylic acids is 1. The third kappa shape index (κ3) is 4.70. The van der Waals surface area contributed by atoms with Gasteiger partial charge in [0.15, 0.2) is 5.78 Å². The summed E-state index contributed by atoms with van der Waals surface area (Å²) < 4.78 is 14.0. The Labute approximate surface area is 323 Å². The standard InChI is InChI=1S/C45H70N2O7/c1-24-11-15-53-44(21-24,39-38(54-39)42(4,51)40(2,23-48)13-9-25-10-14-47-34(46)16-25)33-18-28-7-8-30-36-35-27(22-41(33,3)45(28,36)52)17-26-6-5-12-43(35)31(26)19-29(49)20-32(43)37(30)50/h24-29,31-35,38-39,47-49,51-52H,5-23,46H2,1-4H3. The third-order valence-corrected chi connectivity index (χ3v) is 19.6.